The Kier molecular flexibility index (Phi) is 3.63. The molecule has 1 unspecified atom stereocenters. The summed E-state index contributed by atoms with van der Waals surface area (Å²) in [6, 6.07) is 22.4. The van der Waals surface area contributed by atoms with E-state index in [0.29, 0.717) is 12.8 Å². The van der Waals surface area contributed by atoms with Gasteiger partial charge in [0.1, 0.15) is 11.4 Å². The Morgan fingerprint density at radius 2 is 1.52 bits per heavy atom. The van der Waals surface area contributed by atoms with Crippen molar-refractivity contribution in [3.8, 4) is 22.5 Å². The summed E-state index contributed by atoms with van der Waals surface area (Å²) in [7, 11) is 1.69. The summed E-state index contributed by atoms with van der Waals surface area (Å²) < 4.78 is 0. The molecule has 0 saturated carbocycles. The SMILES string of the molecule is CN1C(=O)NC(=O)C12Cc1cc3nc(-c4ccc(-c5ccccc5)cc4)[nH]c3cc1C2. The van der Waals surface area contributed by atoms with Crippen molar-refractivity contribution in [3.63, 3.8) is 0 Å². The number of likely N-dealkylation sites (N-methyl/N-ethyl adjacent to an activating group) is 1. The number of imide groups is 1. The van der Waals surface area contributed by atoms with E-state index in [4.69, 9.17) is 4.98 Å². The van der Waals surface area contributed by atoms with Crippen molar-refractivity contribution in [1.29, 1.82) is 0 Å². The zero-order chi connectivity index (χ0) is 21.2. The molecular weight excluding hydrogens is 388 g/mol. The van der Waals surface area contributed by atoms with Gasteiger partial charge in [-0.25, -0.2) is 9.78 Å². The molecule has 1 atom stereocenters. The maximum absolute atomic E-state index is 12.5. The van der Waals surface area contributed by atoms with Crippen LogP contribution < -0.4 is 5.32 Å². The molecule has 1 fully saturated rings. The van der Waals surface area contributed by atoms with Gasteiger partial charge in [-0.05, 0) is 34.4 Å². The first-order valence-electron chi connectivity index (χ1n) is 10.3. The molecule has 1 aliphatic heterocycles. The largest absolute Gasteiger partial charge is 0.338 e. The number of urea groups is 1. The number of nitrogens with one attached hydrogen (secondary N) is 2. The van der Waals surface area contributed by atoms with Gasteiger partial charge in [0.05, 0.1) is 11.0 Å². The monoisotopic (exact) mass is 408 g/mol. The van der Waals surface area contributed by atoms with Crippen molar-refractivity contribution in [1.82, 2.24) is 20.2 Å². The third-order valence-corrected chi connectivity index (χ3v) is 6.62. The molecule has 1 saturated heterocycles. The molecule has 0 bridgehead atoms. The van der Waals surface area contributed by atoms with Crippen LogP contribution in [0.4, 0.5) is 4.79 Å². The molecule has 0 radical (unpaired) electrons. The van der Waals surface area contributed by atoms with Crippen LogP contribution in [0.15, 0.2) is 66.7 Å². The van der Waals surface area contributed by atoms with E-state index in [9.17, 15) is 9.59 Å². The summed E-state index contributed by atoms with van der Waals surface area (Å²) in [5, 5.41) is 2.44. The van der Waals surface area contributed by atoms with Crippen molar-refractivity contribution in [2.45, 2.75) is 18.4 Å². The molecule has 1 spiro atoms. The fourth-order valence-corrected chi connectivity index (χ4v) is 4.80. The third kappa shape index (κ3) is 2.61. The second-order valence-electron chi connectivity index (χ2n) is 8.37. The highest BCUT2D eigenvalue weighted by Crippen LogP contribution is 2.39. The molecule has 3 aromatic carbocycles. The van der Waals surface area contributed by atoms with Crippen LogP contribution in [-0.4, -0.2) is 39.4 Å². The van der Waals surface area contributed by atoms with Crippen LogP contribution in [0.5, 0.6) is 0 Å². The predicted octanol–water partition coefficient (Wildman–Crippen LogP) is 3.92. The fraction of sp³-hybridized carbons (Fsp3) is 0.160. The quantitative estimate of drug-likeness (QED) is 0.494. The summed E-state index contributed by atoms with van der Waals surface area (Å²) in [5.41, 5.74) is 6.51. The van der Waals surface area contributed by atoms with Crippen molar-refractivity contribution >= 4 is 23.0 Å². The first kappa shape index (κ1) is 17.9. The van der Waals surface area contributed by atoms with Crippen molar-refractivity contribution in [3.05, 3.63) is 77.9 Å². The van der Waals surface area contributed by atoms with E-state index < -0.39 is 5.54 Å². The number of carbonyl (C=O) groups excluding carboxylic acids is 2. The summed E-state index contributed by atoms with van der Waals surface area (Å²) in [6.07, 6.45) is 1.03. The van der Waals surface area contributed by atoms with Crippen molar-refractivity contribution in [2.75, 3.05) is 7.05 Å². The molecule has 2 N–H and O–H groups in total. The molecule has 2 heterocycles. The maximum Gasteiger partial charge on any atom is 0.324 e. The highest BCUT2D eigenvalue weighted by molar-refractivity contribution is 6.07. The Balaban J connectivity index is 1.33. The summed E-state index contributed by atoms with van der Waals surface area (Å²) in [5.74, 6) is 0.603. The highest BCUT2D eigenvalue weighted by Gasteiger charge is 2.54. The van der Waals surface area contributed by atoms with Gasteiger partial charge in [0.2, 0.25) is 0 Å². The summed E-state index contributed by atoms with van der Waals surface area (Å²) >= 11 is 0. The first-order chi connectivity index (χ1) is 15.0. The number of hydrogen-bond acceptors (Lipinski definition) is 3. The molecule has 6 rings (SSSR count). The van der Waals surface area contributed by atoms with E-state index in [-0.39, 0.29) is 11.9 Å². The molecule has 1 aromatic heterocycles. The molecule has 152 valence electrons. The lowest BCUT2D eigenvalue weighted by Crippen LogP contribution is -2.48. The average molecular weight is 408 g/mol. The lowest BCUT2D eigenvalue weighted by molar-refractivity contribution is -0.125. The van der Waals surface area contributed by atoms with Gasteiger partial charge in [0.25, 0.3) is 5.91 Å². The van der Waals surface area contributed by atoms with Crippen LogP contribution in [0.2, 0.25) is 0 Å². The van der Waals surface area contributed by atoms with Crippen LogP contribution in [-0.2, 0) is 17.6 Å². The third-order valence-electron chi connectivity index (χ3n) is 6.62. The minimum Gasteiger partial charge on any atom is -0.338 e. The number of fused-ring (bicyclic) bond motifs is 2. The number of carbonyl (C=O) groups is 2. The van der Waals surface area contributed by atoms with E-state index in [0.717, 1.165) is 33.5 Å². The van der Waals surface area contributed by atoms with E-state index in [1.807, 2.05) is 24.3 Å². The number of benzene rings is 3. The van der Waals surface area contributed by atoms with Crippen LogP contribution in [0.25, 0.3) is 33.5 Å². The minimum absolute atomic E-state index is 0.216. The van der Waals surface area contributed by atoms with E-state index in [1.54, 1.807) is 7.05 Å². The van der Waals surface area contributed by atoms with Gasteiger partial charge in [-0.1, -0.05) is 54.6 Å². The number of amides is 3. The van der Waals surface area contributed by atoms with Crippen molar-refractivity contribution < 1.29 is 9.59 Å². The van der Waals surface area contributed by atoms with Gasteiger partial charge in [-0.15, -0.1) is 0 Å². The smallest absolute Gasteiger partial charge is 0.324 e. The number of aromatic nitrogens is 2. The molecule has 6 nitrogen and oxygen atoms in total. The van der Waals surface area contributed by atoms with Crippen LogP contribution in [0.1, 0.15) is 11.1 Å². The Bertz CT molecular complexity index is 1310. The minimum atomic E-state index is -0.811. The Morgan fingerprint density at radius 3 is 2.19 bits per heavy atom. The molecule has 6 heteroatoms. The summed E-state index contributed by atoms with van der Waals surface area (Å²) in [6.45, 7) is 0. The zero-order valence-corrected chi connectivity index (χ0v) is 17.0. The average Bonchev–Trinajstić information content (AvgIpc) is 3.43. The second-order valence-corrected chi connectivity index (χ2v) is 8.37. The predicted molar refractivity (Wildman–Crippen MR) is 118 cm³/mol. The molecule has 3 amide bonds. The first-order valence-corrected chi connectivity index (χ1v) is 10.3. The van der Waals surface area contributed by atoms with Gasteiger partial charge in [-0.2, -0.15) is 0 Å². The van der Waals surface area contributed by atoms with Gasteiger partial charge >= 0.3 is 6.03 Å². The standard InChI is InChI=1S/C25H20N4O2/c1-29-24(31)28-23(30)25(29)13-18-11-20-21(12-19(18)14-25)27-22(26-20)17-9-7-16(8-10-17)15-5-3-2-4-6-15/h2-12H,13-14H2,1H3,(H,26,27)(H,28,30,31). The Labute approximate surface area is 178 Å². The van der Waals surface area contributed by atoms with Crippen molar-refractivity contribution in [2.24, 2.45) is 0 Å². The highest BCUT2D eigenvalue weighted by atomic mass is 16.2. The Morgan fingerprint density at radius 1 is 0.871 bits per heavy atom. The topological polar surface area (TPSA) is 78.1 Å². The van der Waals surface area contributed by atoms with Gasteiger partial charge < -0.3 is 9.88 Å². The number of nitrogens with zero attached hydrogens (tertiary/aromatic N) is 2. The van der Waals surface area contributed by atoms with E-state index in [2.05, 4.69) is 52.8 Å². The van der Waals surface area contributed by atoms with Crippen LogP contribution >= 0.6 is 0 Å². The molecule has 1 aliphatic carbocycles. The number of H-pyrrole nitrogens is 1. The fourth-order valence-electron chi connectivity index (χ4n) is 4.80. The number of imidazole rings is 1. The summed E-state index contributed by atoms with van der Waals surface area (Å²) in [4.78, 5) is 34.2. The van der Waals surface area contributed by atoms with Gasteiger partial charge in [-0.3, -0.25) is 10.1 Å². The van der Waals surface area contributed by atoms with Crippen LogP contribution in [0.3, 0.4) is 0 Å². The zero-order valence-electron chi connectivity index (χ0n) is 17.0. The lowest BCUT2D eigenvalue weighted by atomic mass is 9.95. The van der Waals surface area contributed by atoms with Gasteiger partial charge in [0, 0.05) is 25.5 Å². The molecule has 2 aliphatic rings. The van der Waals surface area contributed by atoms with E-state index >= 15 is 0 Å². The maximum atomic E-state index is 12.5. The van der Waals surface area contributed by atoms with E-state index in [1.165, 1.54) is 16.0 Å². The Hall–Kier alpha value is -3.93. The van der Waals surface area contributed by atoms with Crippen LogP contribution in [0, 0.1) is 0 Å². The lowest BCUT2D eigenvalue weighted by Gasteiger charge is -2.27. The second kappa shape index (κ2) is 6.28. The molecule has 31 heavy (non-hydrogen) atoms. The molecule has 4 aromatic rings. The normalized spacial score (nSPS) is 16.9. The number of hydrogen-bond donors (Lipinski definition) is 2. The van der Waals surface area contributed by atoms with Gasteiger partial charge in [0.15, 0.2) is 0 Å². The number of aromatic amines is 1. The molecular formula is C25H20N4O2. The number of rotatable bonds is 2.